The van der Waals surface area contributed by atoms with Gasteiger partial charge in [-0.2, -0.15) is 0 Å². The fraction of sp³-hybridized carbons (Fsp3) is 0.462. The second-order valence-electron chi connectivity index (χ2n) is 4.57. The van der Waals surface area contributed by atoms with Gasteiger partial charge in [-0.3, -0.25) is 0 Å². The van der Waals surface area contributed by atoms with Crippen molar-refractivity contribution in [3.8, 4) is 0 Å². The zero-order valence-corrected chi connectivity index (χ0v) is 14.4. The van der Waals surface area contributed by atoms with Gasteiger partial charge in [-0.15, -0.1) is 0 Å². The van der Waals surface area contributed by atoms with E-state index in [1.807, 2.05) is 6.92 Å². The van der Waals surface area contributed by atoms with Crippen LogP contribution in [0.15, 0.2) is 27.6 Å². The number of rotatable bonds is 6. The maximum Gasteiger partial charge on any atom is 0.339 e. The van der Waals surface area contributed by atoms with Crippen LogP contribution in [0.1, 0.15) is 37.0 Å². The summed E-state index contributed by atoms with van der Waals surface area (Å²) >= 11 is 3.20. The van der Waals surface area contributed by atoms with E-state index in [4.69, 9.17) is 15.4 Å². The predicted molar refractivity (Wildman–Crippen MR) is 81.5 cm³/mol. The summed E-state index contributed by atoms with van der Waals surface area (Å²) in [5, 5.41) is 0. The number of ether oxygens (including phenoxy) is 1. The third kappa shape index (κ3) is 5.07. The monoisotopic (exact) mass is 382 g/mol. The summed E-state index contributed by atoms with van der Waals surface area (Å²) in [5.74, 6) is -0.301. The van der Waals surface area contributed by atoms with Crippen molar-refractivity contribution >= 4 is 41.6 Å². The number of carbonyl (C=O) groups is 1. The smallest absolute Gasteiger partial charge is 0.339 e. The zero-order chi connectivity index (χ0) is 15.3. The van der Waals surface area contributed by atoms with Gasteiger partial charge in [0.15, 0.2) is 0 Å². The van der Waals surface area contributed by atoms with Crippen molar-refractivity contribution in [1.82, 2.24) is 0 Å². The first-order valence-electron chi connectivity index (χ1n) is 6.17. The molecule has 0 aliphatic rings. The van der Waals surface area contributed by atoms with Gasteiger partial charge < -0.3 is 4.74 Å². The lowest BCUT2D eigenvalue weighted by Crippen LogP contribution is -2.13. The van der Waals surface area contributed by atoms with E-state index < -0.39 is 15.0 Å². The normalized spacial score (nSPS) is 13.0. The van der Waals surface area contributed by atoms with Crippen molar-refractivity contribution < 1.29 is 17.9 Å². The molecular formula is C13H16BrClO4S. The van der Waals surface area contributed by atoms with Gasteiger partial charge in [-0.05, 0) is 46.5 Å². The van der Waals surface area contributed by atoms with Crippen LogP contribution in [0.3, 0.4) is 0 Å². The minimum absolute atomic E-state index is 0.129. The molecule has 20 heavy (non-hydrogen) atoms. The van der Waals surface area contributed by atoms with Gasteiger partial charge >= 0.3 is 5.97 Å². The van der Waals surface area contributed by atoms with Crippen molar-refractivity contribution in [2.45, 2.75) is 31.6 Å². The van der Waals surface area contributed by atoms with Crippen molar-refractivity contribution in [2.75, 3.05) is 6.61 Å². The Labute approximate surface area is 132 Å². The summed E-state index contributed by atoms with van der Waals surface area (Å²) in [6, 6.07) is 3.99. The number of halogens is 2. The Kier molecular flexibility index (Phi) is 6.48. The molecule has 0 N–H and O–H groups in total. The van der Waals surface area contributed by atoms with Gasteiger partial charge in [0, 0.05) is 15.2 Å². The average Bonchev–Trinajstić information content (AvgIpc) is 2.35. The summed E-state index contributed by atoms with van der Waals surface area (Å²) < 4.78 is 28.2. The molecule has 0 saturated heterocycles. The molecule has 0 saturated carbocycles. The Bertz CT molecular complexity index is 586. The molecule has 0 heterocycles. The molecule has 0 aromatic heterocycles. The van der Waals surface area contributed by atoms with Crippen LogP contribution in [-0.2, 0) is 13.8 Å². The highest BCUT2D eigenvalue weighted by atomic mass is 79.9. The Morgan fingerprint density at radius 3 is 2.65 bits per heavy atom. The second-order valence-corrected chi connectivity index (χ2v) is 7.99. The molecule has 0 aliphatic heterocycles. The molecule has 112 valence electrons. The number of hydrogen-bond donors (Lipinski definition) is 0. The fourth-order valence-corrected chi connectivity index (χ4v) is 2.87. The summed E-state index contributed by atoms with van der Waals surface area (Å²) in [7, 11) is 1.39. The van der Waals surface area contributed by atoms with Gasteiger partial charge in [0.25, 0.3) is 9.05 Å². The van der Waals surface area contributed by atoms with Gasteiger partial charge in [0.2, 0.25) is 0 Å². The van der Waals surface area contributed by atoms with Gasteiger partial charge in [0.1, 0.15) is 0 Å². The summed E-state index contributed by atoms with van der Waals surface area (Å²) in [4.78, 5) is 11.8. The number of carbonyl (C=O) groups excluding carboxylic acids is 1. The Morgan fingerprint density at radius 2 is 2.10 bits per heavy atom. The topological polar surface area (TPSA) is 60.4 Å². The molecule has 0 amide bonds. The molecule has 1 rings (SSSR count). The van der Waals surface area contributed by atoms with Crippen LogP contribution < -0.4 is 0 Å². The molecule has 0 bridgehead atoms. The van der Waals surface area contributed by atoms with E-state index in [0.29, 0.717) is 11.1 Å². The largest absolute Gasteiger partial charge is 0.462 e. The molecule has 1 aromatic carbocycles. The molecule has 0 spiro atoms. The summed E-state index contributed by atoms with van der Waals surface area (Å²) in [5.41, 5.74) is 0.149. The number of esters is 1. The summed E-state index contributed by atoms with van der Waals surface area (Å²) in [6.45, 7) is 4.35. The first kappa shape index (κ1) is 17.5. The number of benzene rings is 1. The van der Waals surface area contributed by atoms with Gasteiger partial charge in [-0.1, -0.05) is 20.3 Å². The third-order valence-corrected chi connectivity index (χ3v) is 4.76. The van der Waals surface area contributed by atoms with E-state index in [0.717, 1.165) is 12.8 Å². The van der Waals surface area contributed by atoms with Crippen molar-refractivity contribution in [2.24, 2.45) is 5.92 Å². The molecule has 0 aliphatic carbocycles. The Hall–Kier alpha value is -0.590. The van der Waals surface area contributed by atoms with Crippen LogP contribution in [0.4, 0.5) is 0 Å². The fourth-order valence-electron chi connectivity index (χ4n) is 1.68. The van der Waals surface area contributed by atoms with E-state index in [1.54, 1.807) is 0 Å². The SMILES string of the molecule is CCCC(C)COC(=O)c1cc(S(=O)(=O)Cl)ccc1Br. The minimum atomic E-state index is -3.87. The van der Waals surface area contributed by atoms with E-state index in [2.05, 4.69) is 22.9 Å². The van der Waals surface area contributed by atoms with Crippen LogP contribution in [0.2, 0.25) is 0 Å². The van der Waals surface area contributed by atoms with Crippen molar-refractivity contribution in [3.63, 3.8) is 0 Å². The van der Waals surface area contributed by atoms with E-state index in [1.165, 1.54) is 18.2 Å². The van der Waals surface area contributed by atoms with E-state index in [-0.39, 0.29) is 16.4 Å². The average molecular weight is 384 g/mol. The highest BCUT2D eigenvalue weighted by molar-refractivity contribution is 9.10. The highest BCUT2D eigenvalue weighted by Crippen LogP contribution is 2.24. The lowest BCUT2D eigenvalue weighted by Gasteiger charge is -2.12. The summed E-state index contributed by atoms with van der Waals surface area (Å²) in [6.07, 6.45) is 1.98. The van der Waals surface area contributed by atoms with E-state index in [9.17, 15) is 13.2 Å². The Morgan fingerprint density at radius 1 is 1.45 bits per heavy atom. The van der Waals surface area contributed by atoms with Crippen LogP contribution >= 0.6 is 26.6 Å². The maximum absolute atomic E-state index is 12.0. The second kappa shape index (κ2) is 7.43. The quantitative estimate of drug-likeness (QED) is 0.551. The van der Waals surface area contributed by atoms with Crippen LogP contribution in [0.25, 0.3) is 0 Å². The first-order valence-corrected chi connectivity index (χ1v) is 9.27. The van der Waals surface area contributed by atoms with Crippen molar-refractivity contribution in [1.29, 1.82) is 0 Å². The molecule has 0 radical (unpaired) electrons. The lowest BCUT2D eigenvalue weighted by molar-refractivity contribution is 0.0442. The van der Waals surface area contributed by atoms with Crippen LogP contribution in [0.5, 0.6) is 0 Å². The van der Waals surface area contributed by atoms with Gasteiger partial charge in [0.05, 0.1) is 17.1 Å². The Balaban J connectivity index is 2.87. The van der Waals surface area contributed by atoms with E-state index >= 15 is 0 Å². The maximum atomic E-state index is 12.0. The van der Waals surface area contributed by atoms with Crippen LogP contribution in [0, 0.1) is 5.92 Å². The molecule has 7 heteroatoms. The van der Waals surface area contributed by atoms with Crippen molar-refractivity contribution in [3.05, 3.63) is 28.2 Å². The molecule has 1 atom stereocenters. The van der Waals surface area contributed by atoms with Gasteiger partial charge in [-0.25, -0.2) is 13.2 Å². The lowest BCUT2D eigenvalue weighted by atomic mass is 10.1. The minimum Gasteiger partial charge on any atom is -0.462 e. The number of hydrogen-bond acceptors (Lipinski definition) is 4. The predicted octanol–water partition coefficient (Wildman–Crippen LogP) is 3.97. The molecular weight excluding hydrogens is 368 g/mol. The standard InChI is InChI=1S/C13H16BrClO4S/c1-3-4-9(2)8-19-13(16)11-7-10(20(15,17)18)5-6-12(11)14/h5-7,9H,3-4,8H2,1-2H3. The molecule has 1 aromatic rings. The molecule has 4 nitrogen and oxygen atoms in total. The highest BCUT2D eigenvalue weighted by Gasteiger charge is 2.18. The molecule has 1 unspecified atom stereocenters. The first-order chi connectivity index (χ1) is 9.25. The van der Waals surface area contributed by atoms with Crippen LogP contribution in [-0.4, -0.2) is 21.0 Å². The molecule has 0 fully saturated rings. The zero-order valence-electron chi connectivity index (χ0n) is 11.2. The third-order valence-electron chi connectivity index (χ3n) is 2.72.